The number of benzene rings is 2. The fraction of sp³-hybridized carbons (Fsp3) is 0.278. The van der Waals surface area contributed by atoms with Gasteiger partial charge in [-0.2, -0.15) is 4.31 Å². The predicted molar refractivity (Wildman–Crippen MR) is 109 cm³/mol. The Balaban J connectivity index is 2.11. The number of hydrogen-bond donors (Lipinski definition) is 1. The Hall–Kier alpha value is -1.61. The van der Waals surface area contributed by atoms with Gasteiger partial charge in [-0.15, -0.1) is 0 Å². The molecule has 0 heterocycles. The summed E-state index contributed by atoms with van der Waals surface area (Å²) >= 11 is 9.28. The summed E-state index contributed by atoms with van der Waals surface area (Å²) in [6.45, 7) is 1.49. The minimum Gasteiger partial charge on any atom is -0.495 e. The Bertz CT molecular complexity index is 919. The topological polar surface area (TPSA) is 75.7 Å². The highest BCUT2D eigenvalue weighted by Gasteiger charge is 2.27. The van der Waals surface area contributed by atoms with Gasteiger partial charge in [0.1, 0.15) is 10.6 Å². The van der Waals surface area contributed by atoms with Gasteiger partial charge in [0.15, 0.2) is 0 Å². The molecule has 0 saturated carbocycles. The number of likely N-dealkylation sites (N-methyl/N-ethyl adjacent to an activating group) is 1. The van der Waals surface area contributed by atoms with Crippen LogP contribution in [0.15, 0.2) is 51.8 Å². The van der Waals surface area contributed by atoms with Crippen molar-refractivity contribution in [3.8, 4) is 5.75 Å². The third-order valence-electron chi connectivity index (χ3n) is 3.93. The highest BCUT2D eigenvalue weighted by molar-refractivity contribution is 9.10. The molecule has 27 heavy (non-hydrogen) atoms. The average Bonchev–Trinajstić information content (AvgIpc) is 2.61. The summed E-state index contributed by atoms with van der Waals surface area (Å²) in [6.07, 6.45) is 0. The Labute approximate surface area is 172 Å². The fourth-order valence-corrected chi connectivity index (χ4v) is 4.23. The third-order valence-corrected chi connectivity index (χ3v) is 6.52. The number of halogens is 2. The van der Waals surface area contributed by atoms with E-state index in [9.17, 15) is 13.2 Å². The Morgan fingerprint density at radius 1 is 1.26 bits per heavy atom. The molecule has 0 aliphatic carbocycles. The van der Waals surface area contributed by atoms with Gasteiger partial charge >= 0.3 is 0 Å². The normalized spacial score (nSPS) is 12.7. The molecule has 2 aromatic rings. The largest absolute Gasteiger partial charge is 0.495 e. The molecule has 1 atom stereocenters. The van der Waals surface area contributed by atoms with E-state index in [4.69, 9.17) is 16.3 Å². The molecule has 0 spiro atoms. The van der Waals surface area contributed by atoms with Crippen LogP contribution >= 0.6 is 27.5 Å². The van der Waals surface area contributed by atoms with Gasteiger partial charge in [0.05, 0.1) is 19.7 Å². The van der Waals surface area contributed by atoms with Gasteiger partial charge in [-0.1, -0.05) is 39.7 Å². The SMILES string of the molecule is COc1ccc(Cl)cc1S(=O)(=O)N(C)CC(=O)N[C@H](C)c1ccc(Br)cc1. The number of nitrogens with zero attached hydrogens (tertiary/aromatic N) is 1. The van der Waals surface area contributed by atoms with Crippen molar-refractivity contribution in [3.05, 3.63) is 57.5 Å². The van der Waals surface area contributed by atoms with Crippen molar-refractivity contribution in [2.75, 3.05) is 20.7 Å². The standard InChI is InChI=1S/C18H20BrClN2O4S/c1-12(13-4-6-14(19)7-5-13)21-18(23)11-22(2)27(24,25)17-10-15(20)8-9-16(17)26-3/h4-10,12H,11H2,1-3H3,(H,21,23)/t12-/m1/s1. The van der Waals surface area contributed by atoms with Gasteiger partial charge < -0.3 is 10.1 Å². The van der Waals surface area contributed by atoms with Crippen LogP contribution < -0.4 is 10.1 Å². The highest BCUT2D eigenvalue weighted by atomic mass is 79.9. The zero-order valence-electron chi connectivity index (χ0n) is 15.1. The van der Waals surface area contributed by atoms with Gasteiger partial charge in [0.2, 0.25) is 15.9 Å². The van der Waals surface area contributed by atoms with E-state index in [-0.39, 0.29) is 28.3 Å². The van der Waals surface area contributed by atoms with Crippen LogP contribution in [0.3, 0.4) is 0 Å². The number of hydrogen-bond acceptors (Lipinski definition) is 4. The number of amides is 1. The lowest BCUT2D eigenvalue weighted by Crippen LogP contribution is -2.39. The van der Waals surface area contributed by atoms with E-state index in [1.807, 2.05) is 31.2 Å². The number of methoxy groups -OCH3 is 1. The summed E-state index contributed by atoms with van der Waals surface area (Å²) in [5, 5.41) is 3.05. The first-order valence-electron chi connectivity index (χ1n) is 8.00. The smallest absolute Gasteiger partial charge is 0.247 e. The molecule has 0 fully saturated rings. The van der Waals surface area contributed by atoms with E-state index in [1.165, 1.54) is 32.4 Å². The number of sulfonamides is 1. The molecule has 2 aromatic carbocycles. The van der Waals surface area contributed by atoms with Gasteiger partial charge in [0, 0.05) is 16.5 Å². The van der Waals surface area contributed by atoms with Crippen molar-refractivity contribution in [2.45, 2.75) is 17.9 Å². The summed E-state index contributed by atoms with van der Waals surface area (Å²) in [5.41, 5.74) is 0.911. The molecule has 9 heteroatoms. The van der Waals surface area contributed by atoms with E-state index in [0.29, 0.717) is 0 Å². The molecule has 0 bridgehead atoms. The molecule has 0 saturated heterocycles. The molecule has 0 radical (unpaired) electrons. The molecule has 0 aromatic heterocycles. The third kappa shape index (κ3) is 5.44. The van der Waals surface area contributed by atoms with Gasteiger partial charge in [0.25, 0.3) is 0 Å². The second kappa shape index (κ2) is 9.05. The maximum atomic E-state index is 12.8. The van der Waals surface area contributed by atoms with Gasteiger partial charge in [-0.05, 0) is 42.8 Å². The molecular weight excluding hydrogens is 456 g/mol. The van der Waals surface area contributed by atoms with Crippen LogP contribution in [0.4, 0.5) is 0 Å². The van der Waals surface area contributed by atoms with Gasteiger partial charge in [-0.3, -0.25) is 4.79 Å². The first-order valence-corrected chi connectivity index (χ1v) is 10.6. The number of nitrogens with one attached hydrogen (secondary N) is 1. The molecule has 146 valence electrons. The summed E-state index contributed by atoms with van der Waals surface area (Å²) < 4.78 is 32.6. The van der Waals surface area contributed by atoms with E-state index in [2.05, 4.69) is 21.2 Å². The molecular formula is C18H20BrClN2O4S. The quantitative estimate of drug-likeness (QED) is 0.664. The zero-order valence-corrected chi connectivity index (χ0v) is 18.2. The van der Waals surface area contributed by atoms with E-state index in [1.54, 1.807) is 0 Å². The Morgan fingerprint density at radius 2 is 1.89 bits per heavy atom. The molecule has 1 N–H and O–H groups in total. The maximum Gasteiger partial charge on any atom is 0.247 e. The van der Waals surface area contributed by atoms with Crippen LogP contribution in [-0.2, 0) is 14.8 Å². The van der Waals surface area contributed by atoms with Crippen molar-refractivity contribution in [3.63, 3.8) is 0 Å². The summed E-state index contributed by atoms with van der Waals surface area (Å²) in [5.74, 6) is -0.257. The summed E-state index contributed by atoms with van der Waals surface area (Å²) in [6, 6.07) is 11.6. The lowest BCUT2D eigenvalue weighted by atomic mass is 10.1. The molecule has 0 aliphatic rings. The van der Waals surface area contributed by atoms with E-state index in [0.717, 1.165) is 14.3 Å². The van der Waals surface area contributed by atoms with Gasteiger partial charge in [-0.25, -0.2) is 8.42 Å². The zero-order chi connectivity index (χ0) is 20.2. The second-order valence-corrected chi connectivity index (χ2v) is 9.26. The lowest BCUT2D eigenvalue weighted by Gasteiger charge is -2.20. The number of rotatable bonds is 7. The first kappa shape index (κ1) is 21.7. The second-order valence-electron chi connectivity index (χ2n) is 5.90. The first-order chi connectivity index (χ1) is 12.6. The van der Waals surface area contributed by atoms with Crippen molar-refractivity contribution >= 4 is 43.5 Å². The Morgan fingerprint density at radius 3 is 2.48 bits per heavy atom. The van der Waals surface area contributed by atoms with E-state index >= 15 is 0 Å². The van der Waals surface area contributed by atoms with Crippen molar-refractivity contribution in [1.82, 2.24) is 9.62 Å². The molecule has 2 rings (SSSR count). The van der Waals surface area contributed by atoms with E-state index < -0.39 is 15.9 Å². The Kier molecular flexibility index (Phi) is 7.27. The number of carbonyl (C=O) groups excluding carboxylic acids is 1. The minimum absolute atomic E-state index is 0.0891. The molecule has 6 nitrogen and oxygen atoms in total. The molecule has 0 unspecified atom stereocenters. The monoisotopic (exact) mass is 474 g/mol. The van der Waals surface area contributed by atoms with Crippen LogP contribution in [0, 0.1) is 0 Å². The van der Waals surface area contributed by atoms with Crippen molar-refractivity contribution in [1.29, 1.82) is 0 Å². The fourth-order valence-electron chi connectivity index (χ4n) is 2.43. The molecule has 1 amide bonds. The molecule has 0 aliphatic heterocycles. The maximum absolute atomic E-state index is 12.8. The highest BCUT2D eigenvalue weighted by Crippen LogP contribution is 2.29. The lowest BCUT2D eigenvalue weighted by molar-refractivity contribution is -0.121. The van der Waals surface area contributed by atoms with Crippen LogP contribution in [0.25, 0.3) is 0 Å². The number of ether oxygens (including phenoxy) is 1. The summed E-state index contributed by atoms with van der Waals surface area (Å²) in [4.78, 5) is 12.2. The van der Waals surface area contributed by atoms with Crippen LogP contribution in [-0.4, -0.2) is 39.3 Å². The van der Waals surface area contributed by atoms with Crippen molar-refractivity contribution in [2.24, 2.45) is 0 Å². The van der Waals surface area contributed by atoms with Crippen LogP contribution in [0.1, 0.15) is 18.5 Å². The predicted octanol–water partition coefficient (Wildman–Crippen LogP) is 3.61. The minimum atomic E-state index is -3.95. The van der Waals surface area contributed by atoms with Crippen LogP contribution in [0.5, 0.6) is 5.75 Å². The van der Waals surface area contributed by atoms with Crippen LogP contribution in [0.2, 0.25) is 5.02 Å². The van der Waals surface area contributed by atoms with Crippen molar-refractivity contribution < 1.29 is 17.9 Å². The summed E-state index contributed by atoms with van der Waals surface area (Å²) in [7, 11) is -1.25. The number of carbonyl (C=O) groups is 1. The average molecular weight is 476 g/mol.